The quantitative estimate of drug-likeness (QED) is 0.627. The standard InChI is InChI=1S/C12H21NOSi/c1-5-10-8-7-9-12(11(10)6-2)15(3,4)14-13/h7-9H,5-6,13H2,1-4H3. The van der Waals surface area contributed by atoms with E-state index in [0.29, 0.717) is 0 Å². The summed E-state index contributed by atoms with van der Waals surface area (Å²) < 4.78 is 5.20. The van der Waals surface area contributed by atoms with Crippen molar-refractivity contribution in [2.45, 2.75) is 39.8 Å². The Morgan fingerprint density at radius 3 is 2.33 bits per heavy atom. The van der Waals surface area contributed by atoms with Gasteiger partial charge in [-0.25, -0.2) is 5.90 Å². The van der Waals surface area contributed by atoms with Crippen molar-refractivity contribution in [1.29, 1.82) is 0 Å². The van der Waals surface area contributed by atoms with E-state index in [1.165, 1.54) is 16.3 Å². The predicted molar refractivity (Wildman–Crippen MR) is 67.6 cm³/mol. The second kappa shape index (κ2) is 4.92. The van der Waals surface area contributed by atoms with Gasteiger partial charge in [-0.3, -0.25) is 0 Å². The number of rotatable bonds is 4. The molecule has 0 aromatic heterocycles. The van der Waals surface area contributed by atoms with Gasteiger partial charge in [-0.05, 0) is 42.2 Å². The molecule has 0 saturated carbocycles. The fraction of sp³-hybridized carbons (Fsp3) is 0.500. The number of hydrogen-bond donors (Lipinski definition) is 1. The largest absolute Gasteiger partial charge is 0.343 e. The lowest BCUT2D eigenvalue weighted by atomic mass is 10.0. The van der Waals surface area contributed by atoms with Crippen LogP contribution in [0.3, 0.4) is 0 Å². The van der Waals surface area contributed by atoms with Crippen LogP contribution in [0.4, 0.5) is 0 Å². The zero-order chi connectivity index (χ0) is 11.5. The van der Waals surface area contributed by atoms with E-state index in [-0.39, 0.29) is 0 Å². The van der Waals surface area contributed by atoms with Crippen LogP contribution in [-0.2, 0) is 17.4 Å². The normalized spacial score (nSPS) is 11.8. The molecule has 2 nitrogen and oxygen atoms in total. The highest BCUT2D eigenvalue weighted by molar-refractivity contribution is 6.84. The molecule has 0 unspecified atom stereocenters. The van der Waals surface area contributed by atoms with E-state index in [4.69, 9.17) is 10.4 Å². The van der Waals surface area contributed by atoms with Gasteiger partial charge in [0.2, 0.25) is 8.32 Å². The monoisotopic (exact) mass is 223 g/mol. The predicted octanol–water partition coefficient (Wildman–Crippen LogP) is 2.11. The van der Waals surface area contributed by atoms with Gasteiger partial charge < -0.3 is 4.53 Å². The Kier molecular flexibility index (Phi) is 4.08. The third-order valence-corrected chi connectivity index (χ3v) is 5.31. The van der Waals surface area contributed by atoms with Gasteiger partial charge in [-0.1, -0.05) is 32.0 Å². The lowest BCUT2D eigenvalue weighted by Gasteiger charge is -2.24. The summed E-state index contributed by atoms with van der Waals surface area (Å²) >= 11 is 0. The van der Waals surface area contributed by atoms with E-state index >= 15 is 0 Å². The fourth-order valence-corrected chi connectivity index (χ4v) is 3.70. The van der Waals surface area contributed by atoms with Crippen LogP contribution in [0.5, 0.6) is 0 Å². The minimum Gasteiger partial charge on any atom is -0.343 e. The van der Waals surface area contributed by atoms with E-state index < -0.39 is 8.32 Å². The summed E-state index contributed by atoms with van der Waals surface area (Å²) in [5.74, 6) is 5.42. The van der Waals surface area contributed by atoms with Crippen LogP contribution in [0, 0.1) is 0 Å². The van der Waals surface area contributed by atoms with Crippen LogP contribution < -0.4 is 11.1 Å². The highest BCUT2D eigenvalue weighted by Gasteiger charge is 2.27. The second-order valence-corrected chi connectivity index (χ2v) is 8.07. The third kappa shape index (κ3) is 2.48. The highest BCUT2D eigenvalue weighted by atomic mass is 28.4. The van der Waals surface area contributed by atoms with Crippen molar-refractivity contribution in [3.8, 4) is 0 Å². The summed E-state index contributed by atoms with van der Waals surface area (Å²) in [5.41, 5.74) is 2.86. The molecule has 0 aliphatic carbocycles. The van der Waals surface area contributed by atoms with Gasteiger partial charge in [0.15, 0.2) is 0 Å². The first-order valence-electron chi connectivity index (χ1n) is 5.56. The molecule has 1 rings (SSSR count). The van der Waals surface area contributed by atoms with Gasteiger partial charge >= 0.3 is 0 Å². The Morgan fingerprint density at radius 1 is 1.20 bits per heavy atom. The van der Waals surface area contributed by atoms with Crippen molar-refractivity contribution in [2.75, 3.05) is 0 Å². The van der Waals surface area contributed by atoms with Crippen LogP contribution in [0.1, 0.15) is 25.0 Å². The first-order valence-corrected chi connectivity index (χ1v) is 8.46. The second-order valence-electron chi connectivity index (χ2n) is 4.28. The molecule has 0 saturated heterocycles. The van der Waals surface area contributed by atoms with E-state index in [1.54, 1.807) is 0 Å². The molecule has 0 fully saturated rings. The number of aryl methyl sites for hydroxylation is 1. The van der Waals surface area contributed by atoms with Gasteiger partial charge in [0.1, 0.15) is 0 Å². The summed E-state index contributed by atoms with van der Waals surface area (Å²) in [6, 6.07) is 6.47. The zero-order valence-corrected chi connectivity index (χ0v) is 11.1. The van der Waals surface area contributed by atoms with Gasteiger partial charge in [0.25, 0.3) is 0 Å². The SMILES string of the molecule is CCc1cccc([Si](C)(C)ON)c1CC. The first kappa shape index (κ1) is 12.4. The van der Waals surface area contributed by atoms with Crippen molar-refractivity contribution < 1.29 is 4.53 Å². The molecular weight excluding hydrogens is 202 g/mol. The van der Waals surface area contributed by atoms with Crippen LogP contribution in [0.25, 0.3) is 0 Å². The van der Waals surface area contributed by atoms with Gasteiger partial charge in [-0.15, -0.1) is 0 Å². The number of hydrogen-bond acceptors (Lipinski definition) is 2. The maximum Gasteiger partial charge on any atom is 0.245 e. The van der Waals surface area contributed by atoms with Crippen molar-refractivity contribution in [2.24, 2.45) is 5.90 Å². The summed E-state index contributed by atoms with van der Waals surface area (Å²) in [6.45, 7) is 8.66. The van der Waals surface area contributed by atoms with Crippen LogP contribution >= 0.6 is 0 Å². The number of nitrogens with two attached hydrogens (primary N) is 1. The summed E-state index contributed by atoms with van der Waals surface area (Å²) in [7, 11) is -1.89. The molecule has 0 atom stereocenters. The molecule has 2 N–H and O–H groups in total. The van der Waals surface area contributed by atoms with E-state index in [9.17, 15) is 0 Å². The minimum atomic E-state index is -1.89. The highest BCUT2D eigenvalue weighted by Crippen LogP contribution is 2.13. The Balaban J connectivity index is 3.29. The molecule has 1 aromatic rings. The molecule has 15 heavy (non-hydrogen) atoms. The van der Waals surface area contributed by atoms with Crippen molar-refractivity contribution in [3.63, 3.8) is 0 Å². The average Bonchev–Trinajstić information content (AvgIpc) is 2.27. The Hall–Kier alpha value is -0.643. The molecule has 0 heterocycles. The lowest BCUT2D eigenvalue weighted by Crippen LogP contribution is -2.48. The summed E-state index contributed by atoms with van der Waals surface area (Å²) in [4.78, 5) is 0. The van der Waals surface area contributed by atoms with Crippen LogP contribution in [0.15, 0.2) is 18.2 Å². The fourth-order valence-electron chi connectivity index (χ4n) is 2.01. The molecule has 0 aliphatic heterocycles. The smallest absolute Gasteiger partial charge is 0.245 e. The Labute approximate surface area is 93.5 Å². The molecule has 0 spiro atoms. The van der Waals surface area contributed by atoms with E-state index in [0.717, 1.165) is 12.8 Å². The lowest BCUT2D eigenvalue weighted by molar-refractivity contribution is 0.332. The maximum atomic E-state index is 5.42. The molecule has 84 valence electrons. The van der Waals surface area contributed by atoms with Crippen LogP contribution in [0.2, 0.25) is 13.1 Å². The van der Waals surface area contributed by atoms with Crippen LogP contribution in [-0.4, -0.2) is 8.32 Å². The molecule has 0 aliphatic rings. The van der Waals surface area contributed by atoms with E-state index in [1.807, 2.05) is 0 Å². The Morgan fingerprint density at radius 2 is 1.87 bits per heavy atom. The molecule has 1 aromatic carbocycles. The maximum absolute atomic E-state index is 5.42. The van der Waals surface area contributed by atoms with Gasteiger partial charge in [0.05, 0.1) is 0 Å². The van der Waals surface area contributed by atoms with Crippen molar-refractivity contribution in [1.82, 2.24) is 0 Å². The topological polar surface area (TPSA) is 35.2 Å². The molecule has 0 bridgehead atoms. The zero-order valence-electron chi connectivity index (χ0n) is 10.1. The molecule has 3 heteroatoms. The van der Waals surface area contributed by atoms with E-state index in [2.05, 4.69) is 45.1 Å². The first-order chi connectivity index (χ1) is 7.06. The Bertz CT molecular complexity index is 336. The average molecular weight is 223 g/mol. The minimum absolute atomic E-state index is 1.05. The van der Waals surface area contributed by atoms with Gasteiger partial charge in [-0.2, -0.15) is 0 Å². The molecular formula is C12H21NOSi. The molecule has 0 amide bonds. The third-order valence-electron chi connectivity index (χ3n) is 2.95. The van der Waals surface area contributed by atoms with Crippen molar-refractivity contribution >= 4 is 13.5 Å². The summed E-state index contributed by atoms with van der Waals surface area (Å²) in [5, 5.41) is 1.34. The molecule has 0 radical (unpaired) electrons. The number of benzene rings is 1. The summed E-state index contributed by atoms with van der Waals surface area (Å²) in [6.07, 6.45) is 2.13. The van der Waals surface area contributed by atoms with Gasteiger partial charge in [0, 0.05) is 0 Å². The van der Waals surface area contributed by atoms with Crippen molar-refractivity contribution in [3.05, 3.63) is 29.3 Å².